The van der Waals surface area contributed by atoms with Crippen LogP contribution in [0.4, 0.5) is 9.59 Å². The van der Waals surface area contributed by atoms with Gasteiger partial charge in [-0.05, 0) is 59.8 Å². The van der Waals surface area contributed by atoms with Crippen LogP contribution >= 0.6 is 0 Å². The number of carboxylic acid groups (broad SMARTS) is 1. The number of aromatic nitrogens is 4. The van der Waals surface area contributed by atoms with Crippen molar-refractivity contribution < 1.29 is 29.0 Å². The average Bonchev–Trinajstić information content (AvgIpc) is 3.71. The van der Waals surface area contributed by atoms with Crippen molar-refractivity contribution in [2.45, 2.75) is 49.9 Å². The van der Waals surface area contributed by atoms with Crippen LogP contribution in [-0.2, 0) is 14.3 Å². The number of nitrogens with one attached hydrogen (secondary N) is 4. The second-order valence-electron chi connectivity index (χ2n) is 13.3. The number of carbonyl (C=O) groups excluding carboxylic acids is 3. The summed E-state index contributed by atoms with van der Waals surface area (Å²) >= 11 is 0. The van der Waals surface area contributed by atoms with Crippen LogP contribution in [-0.4, -0.2) is 91.1 Å². The van der Waals surface area contributed by atoms with Crippen molar-refractivity contribution in [2.75, 3.05) is 20.2 Å². The van der Waals surface area contributed by atoms with Gasteiger partial charge in [-0.3, -0.25) is 9.59 Å². The smallest absolute Gasteiger partial charge is 0.407 e. The molecule has 4 aliphatic rings. The SMILES string of the molecule is COC(=O)NCC(=O)N1[C@@H]2C[C@@H]2C[C@H]1c1ncc(-c2ccc(-c3ccc(-c4cnc([C@@H]5C[C@H]6C[C@H]6N5C(=O)CNC(=O)O)[nH]4)cc3)cc2)[nH]1. The molecule has 2 saturated carbocycles. The molecule has 49 heavy (non-hydrogen) atoms. The first kappa shape index (κ1) is 30.7. The van der Waals surface area contributed by atoms with Crippen molar-refractivity contribution in [1.29, 1.82) is 0 Å². The number of likely N-dealkylation sites (tertiary alicyclic amines) is 2. The molecule has 6 atom stereocenters. The Labute approximate surface area is 281 Å². The Morgan fingerprint density at radius 1 is 0.714 bits per heavy atom. The lowest BCUT2D eigenvalue weighted by Gasteiger charge is -2.26. The predicted molar refractivity (Wildman–Crippen MR) is 176 cm³/mol. The summed E-state index contributed by atoms with van der Waals surface area (Å²) in [7, 11) is 1.27. The first-order valence-electron chi connectivity index (χ1n) is 16.5. The molecule has 2 aliphatic carbocycles. The van der Waals surface area contributed by atoms with Crippen LogP contribution in [0, 0.1) is 11.8 Å². The molecule has 5 N–H and O–H groups in total. The van der Waals surface area contributed by atoms with E-state index < -0.39 is 12.2 Å². The number of piperidine rings is 2. The normalized spacial score (nSPS) is 24.6. The lowest BCUT2D eigenvalue weighted by molar-refractivity contribution is -0.133. The van der Waals surface area contributed by atoms with Crippen molar-refractivity contribution in [3.8, 4) is 33.6 Å². The predicted octanol–water partition coefficient (Wildman–Crippen LogP) is 4.08. The van der Waals surface area contributed by atoms with Gasteiger partial charge < -0.3 is 40.2 Å². The summed E-state index contributed by atoms with van der Waals surface area (Å²) in [6.07, 6.45) is 5.35. The van der Waals surface area contributed by atoms with Gasteiger partial charge in [-0.1, -0.05) is 48.5 Å². The van der Waals surface area contributed by atoms with Gasteiger partial charge in [0.05, 0.1) is 43.0 Å². The van der Waals surface area contributed by atoms with Crippen molar-refractivity contribution in [1.82, 2.24) is 40.4 Å². The van der Waals surface area contributed by atoms with Crippen LogP contribution in [0.25, 0.3) is 33.6 Å². The summed E-state index contributed by atoms with van der Waals surface area (Å²) in [5, 5.41) is 13.6. The van der Waals surface area contributed by atoms with Crippen LogP contribution in [0.2, 0.25) is 0 Å². The Hall–Kier alpha value is -5.66. The molecule has 4 heterocycles. The van der Waals surface area contributed by atoms with E-state index >= 15 is 0 Å². The molecule has 0 radical (unpaired) electrons. The first-order chi connectivity index (χ1) is 23.8. The van der Waals surface area contributed by atoms with E-state index in [4.69, 9.17) is 5.11 Å². The van der Waals surface area contributed by atoms with E-state index in [0.29, 0.717) is 17.7 Å². The summed E-state index contributed by atoms with van der Waals surface area (Å²) in [4.78, 5) is 67.9. The second-order valence-corrected chi connectivity index (χ2v) is 13.3. The number of carbonyl (C=O) groups is 4. The summed E-state index contributed by atoms with van der Waals surface area (Å²) in [6.45, 7) is -0.349. The fourth-order valence-corrected chi connectivity index (χ4v) is 7.66. The topological polar surface area (TPSA) is 186 Å². The zero-order valence-electron chi connectivity index (χ0n) is 26.8. The number of H-pyrrole nitrogens is 2. The third kappa shape index (κ3) is 5.87. The van der Waals surface area contributed by atoms with Crippen molar-refractivity contribution in [3.05, 3.63) is 72.6 Å². The molecule has 252 valence electrons. The molecule has 4 amide bonds. The van der Waals surface area contributed by atoms with Crippen molar-refractivity contribution in [3.63, 3.8) is 0 Å². The van der Waals surface area contributed by atoms with Gasteiger partial charge in [0.1, 0.15) is 24.7 Å². The lowest BCUT2D eigenvalue weighted by atomic mass is 10.0. The number of amides is 4. The number of methoxy groups -OCH3 is 1. The van der Waals surface area contributed by atoms with E-state index in [2.05, 4.69) is 59.6 Å². The van der Waals surface area contributed by atoms with Crippen LogP contribution in [0.3, 0.4) is 0 Å². The summed E-state index contributed by atoms with van der Waals surface area (Å²) in [5.74, 6) is 2.00. The van der Waals surface area contributed by atoms with Crippen LogP contribution in [0.1, 0.15) is 49.4 Å². The average molecular weight is 665 g/mol. The number of hydrogen-bond donors (Lipinski definition) is 5. The number of ether oxygens (including phenoxy) is 1. The Morgan fingerprint density at radius 2 is 1.14 bits per heavy atom. The van der Waals surface area contributed by atoms with E-state index in [0.717, 1.165) is 65.1 Å². The van der Waals surface area contributed by atoms with Gasteiger partial charge in [-0.15, -0.1) is 0 Å². The second kappa shape index (κ2) is 12.1. The molecule has 4 aromatic rings. The third-order valence-electron chi connectivity index (χ3n) is 10.3. The van der Waals surface area contributed by atoms with Crippen LogP contribution in [0.15, 0.2) is 60.9 Å². The van der Waals surface area contributed by atoms with Gasteiger partial charge in [0.25, 0.3) is 0 Å². The van der Waals surface area contributed by atoms with Gasteiger partial charge >= 0.3 is 12.2 Å². The highest BCUT2D eigenvalue weighted by Gasteiger charge is 2.56. The number of fused-ring (bicyclic) bond motifs is 2. The largest absolute Gasteiger partial charge is 0.465 e. The molecule has 8 rings (SSSR count). The molecule has 2 aromatic heterocycles. The number of benzene rings is 2. The highest BCUT2D eigenvalue weighted by atomic mass is 16.5. The molecule has 14 heteroatoms. The highest BCUT2D eigenvalue weighted by Crippen LogP contribution is 2.54. The summed E-state index contributed by atoms with van der Waals surface area (Å²) in [5.41, 5.74) is 5.78. The third-order valence-corrected chi connectivity index (χ3v) is 10.3. The maximum Gasteiger partial charge on any atom is 0.407 e. The minimum atomic E-state index is -1.21. The van der Waals surface area contributed by atoms with Gasteiger partial charge in [-0.25, -0.2) is 19.6 Å². The number of rotatable bonds is 9. The molecular weight excluding hydrogens is 628 g/mol. The first-order valence-corrected chi connectivity index (χ1v) is 16.5. The van der Waals surface area contributed by atoms with Crippen LogP contribution in [0.5, 0.6) is 0 Å². The number of aromatic amines is 2. The summed E-state index contributed by atoms with van der Waals surface area (Å²) in [6, 6.07) is 16.4. The zero-order valence-corrected chi connectivity index (χ0v) is 26.8. The van der Waals surface area contributed by atoms with Crippen molar-refractivity contribution >= 4 is 24.0 Å². The van der Waals surface area contributed by atoms with E-state index in [1.54, 1.807) is 17.3 Å². The zero-order chi connectivity index (χ0) is 33.8. The van der Waals surface area contributed by atoms with Gasteiger partial charge in [-0.2, -0.15) is 0 Å². The molecule has 2 aliphatic heterocycles. The van der Waals surface area contributed by atoms with Crippen molar-refractivity contribution in [2.24, 2.45) is 11.8 Å². The molecule has 14 nitrogen and oxygen atoms in total. The Kier molecular flexibility index (Phi) is 7.57. The van der Waals surface area contributed by atoms with E-state index in [1.165, 1.54) is 7.11 Å². The molecular formula is C35H36N8O6. The Morgan fingerprint density at radius 3 is 1.57 bits per heavy atom. The molecule has 2 aromatic carbocycles. The maximum atomic E-state index is 13.0. The Balaban J connectivity index is 0.918. The van der Waals surface area contributed by atoms with E-state index in [1.807, 2.05) is 29.2 Å². The fraction of sp³-hybridized carbons (Fsp3) is 0.371. The number of imidazole rings is 2. The highest BCUT2D eigenvalue weighted by molar-refractivity contribution is 5.84. The minimum absolute atomic E-state index is 0.108. The minimum Gasteiger partial charge on any atom is -0.465 e. The lowest BCUT2D eigenvalue weighted by Crippen LogP contribution is -2.41. The summed E-state index contributed by atoms with van der Waals surface area (Å²) < 4.78 is 4.60. The standard InChI is InChI=1S/C35H36N8O6/c1-49-35(48)39-17-31(45)43-27-11-23(27)13-29(43)33-37-15-25(41-33)21-8-4-19(5-9-21)18-2-6-20(7-3-18)24-14-36-32(40-24)28-12-22-10-26(22)42(28)30(44)16-38-34(46)47/h2-9,14-15,22-23,26-29,38H,10-13,16-17H2,1H3,(H,36,40)(H,37,41)(H,39,48)(H,46,47)/t22-,23-,26-,27-,28+,29+/m1/s1. The quantitative estimate of drug-likeness (QED) is 0.177. The van der Waals surface area contributed by atoms with Gasteiger partial charge in [0, 0.05) is 12.1 Å². The van der Waals surface area contributed by atoms with Gasteiger partial charge in [0.15, 0.2) is 0 Å². The molecule has 4 fully saturated rings. The monoisotopic (exact) mass is 664 g/mol. The van der Waals surface area contributed by atoms with Crippen LogP contribution < -0.4 is 10.6 Å². The maximum absolute atomic E-state index is 13.0. The fourth-order valence-electron chi connectivity index (χ4n) is 7.66. The number of alkyl carbamates (subject to hydrolysis) is 1. The number of hydrogen-bond acceptors (Lipinski definition) is 7. The van der Waals surface area contributed by atoms with Gasteiger partial charge in [0.2, 0.25) is 11.8 Å². The Bertz CT molecular complexity index is 1920. The molecule has 2 saturated heterocycles. The van der Waals surface area contributed by atoms with E-state index in [-0.39, 0.29) is 49.1 Å². The van der Waals surface area contributed by atoms with E-state index in [9.17, 15) is 19.2 Å². The molecule has 0 spiro atoms. The molecule has 0 unspecified atom stereocenters. The number of nitrogens with zero attached hydrogens (tertiary/aromatic N) is 4. The molecule has 0 bridgehead atoms.